The third-order valence-electron chi connectivity index (χ3n) is 2.53. The standard InChI is InChI=1S/C15H11BrN2O/c16-15-8-4-3-6-13(15)10-18-19-11-14-7-2-1-5-12(14)9-17/h1-8,10H,11H2. The van der Waals surface area contributed by atoms with E-state index >= 15 is 0 Å². The van der Waals surface area contributed by atoms with Crippen molar-refractivity contribution in [2.45, 2.75) is 6.61 Å². The fourth-order valence-corrected chi connectivity index (χ4v) is 1.92. The van der Waals surface area contributed by atoms with Crippen LogP contribution in [-0.4, -0.2) is 6.21 Å². The molecule has 0 atom stereocenters. The lowest BCUT2D eigenvalue weighted by Crippen LogP contribution is -1.92. The van der Waals surface area contributed by atoms with Crippen LogP contribution in [0.4, 0.5) is 0 Å². The number of rotatable bonds is 4. The molecule has 0 aliphatic rings. The number of nitriles is 1. The number of benzene rings is 2. The molecule has 2 aromatic rings. The van der Waals surface area contributed by atoms with Crippen molar-refractivity contribution >= 4 is 22.1 Å². The minimum absolute atomic E-state index is 0.282. The molecule has 0 aromatic heterocycles. The first-order chi connectivity index (χ1) is 9.31. The zero-order valence-electron chi connectivity index (χ0n) is 10.1. The second-order valence-electron chi connectivity index (χ2n) is 3.80. The summed E-state index contributed by atoms with van der Waals surface area (Å²) in [6.45, 7) is 0.282. The first-order valence-corrected chi connectivity index (χ1v) is 6.48. The number of halogens is 1. The maximum Gasteiger partial charge on any atom is 0.143 e. The predicted molar refractivity (Wildman–Crippen MR) is 77.7 cm³/mol. The van der Waals surface area contributed by atoms with Gasteiger partial charge >= 0.3 is 0 Å². The van der Waals surface area contributed by atoms with Gasteiger partial charge in [0.1, 0.15) is 6.61 Å². The minimum Gasteiger partial charge on any atom is -0.391 e. The molecule has 2 aromatic carbocycles. The van der Waals surface area contributed by atoms with E-state index in [0.29, 0.717) is 5.56 Å². The highest BCUT2D eigenvalue weighted by molar-refractivity contribution is 9.10. The third kappa shape index (κ3) is 3.67. The fourth-order valence-electron chi connectivity index (χ4n) is 1.54. The highest BCUT2D eigenvalue weighted by atomic mass is 79.9. The Balaban J connectivity index is 1.98. The van der Waals surface area contributed by atoms with E-state index in [2.05, 4.69) is 27.2 Å². The van der Waals surface area contributed by atoms with E-state index in [1.165, 1.54) is 0 Å². The highest BCUT2D eigenvalue weighted by Crippen LogP contribution is 2.14. The van der Waals surface area contributed by atoms with Crippen LogP contribution in [0.5, 0.6) is 0 Å². The Morgan fingerprint density at radius 3 is 2.68 bits per heavy atom. The van der Waals surface area contributed by atoms with Crippen molar-refractivity contribution in [1.82, 2.24) is 0 Å². The minimum atomic E-state index is 0.282. The molecule has 94 valence electrons. The van der Waals surface area contributed by atoms with Crippen LogP contribution in [0.1, 0.15) is 16.7 Å². The van der Waals surface area contributed by atoms with E-state index in [1.54, 1.807) is 12.3 Å². The van der Waals surface area contributed by atoms with Crippen molar-refractivity contribution in [2.24, 2.45) is 5.16 Å². The van der Waals surface area contributed by atoms with Gasteiger partial charge in [-0.2, -0.15) is 5.26 Å². The molecule has 0 aliphatic heterocycles. The molecular weight excluding hydrogens is 304 g/mol. The van der Waals surface area contributed by atoms with Gasteiger partial charge in [-0.3, -0.25) is 0 Å². The van der Waals surface area contributed by atoms with Gasteiger partial charge in [0.05, 0.1) is 17.8 Å². The normalized spacial score (nSPS) is 10.3. The molecule has 0 radical (unpaired) electrons. The summed E-state index contributed by atoms with van der Waals surface area (Å²) in [7, 11) is 0. The summed E-state index contributed by atoms with van der Waals surface area (Å²) in [6, 6.07) is 17.2. The number of oxime groups is 1. The largest absolute Gasteiger partial charge is 0.391 e. The lowest BCUT2D eigenvalue weighted by atomic mass is 10.1. The van der Waals surface area contributed by atoms with Gasteiger partial charge in [-0.25, -0.2) is 0 Å². The molecule has 0 bridgehead atoms. The van der Waals surface area contributed by atoms with Crippen molar-refractivity contribution in [3.63, 3.8) is 0 Å². The summed E-state index contributed by atoms with van der Waals surface area (Å²) in [5.41, 5.74) is 2.38. The molecular formula is C15H11BrN2O. The summed E-state index contributed by atoms with van der Waals surface area (Å²) >= 11 is 3.43. The predicted octanol–water partition coefficient (Wildman–Crippen LogP) is 3.87. The van der Waals surface area contributed by atoms with Gasteiger partial charge < -0.3 is 4.84 Å². The molecule has 0 unspecified atom stereocenters. The smallest absolute Gasteiger partial charge is 0.143 e. The quantitative estimate of drug-likeness (QED) is 0.635. The SMILES string of the molecule is N#Cc1ccccc1CON=Cc1ccccc1Br. The summed E-state index contributed by atoms with van der Waals surface area (Å²) < 4.78 is 0.958. The second kappa shape index (κ2) is 6.72. The molecule has 0 fully saturated rings. The third-order valence-corrected chi connectivity index (χ3v) is 3.25. The van der Waals surface area contributed by atoms with Crippen molar-refractivity contribution < 1.29 is 4.84 Å². The van der Waals surface area contributed by atoms with Crippen LogP contribution in [0.3, 0.4) is 0 Å². The molecule has 0 N–H and O–H groups in total. The van der Waals surface area contributed by atoms with Crippen LogP contribution < -0.4 is 0 Å². The van der Waals surface area contributed by atoms with Gasteiger partial charge in [0.2, 0.25) is 0 Å². The van der Waals surface area contributed by atoms with E-state index < -0.39 is 0 Å². The first kappa shape index (κ1) is 13.3. The van der Waals surface area contributed by atoms with Gasteiger partial charge in [0, 0.05) is 15.6 Å². The molecule has 3 nitrogen and oxygen atoms in total. The Morgan fingerprint density at radius 1 is 1.16 bits per heavy atom. The molecule has 2 rings (SSSR count). The molecule has 0 heterocycles. The second-order valence-corrected chi connectivity index (χ2v) is 4.65. The molecule has 19 heavy (non-hydrogen) atoms. The maximum atomic E-state index is 8.94. The highest BCUT2D eigenvalue weighted by Gasteiger charge is 2.00. The first-order valence-electron chi connectivity index (χ1n) is 5.69. The van der Waals surface area contributed by atoms with Crippen LogP contribution >= 0.6 is 15.9 Å². The van der Waals surface area contributed by atoms with Crippen LogP contribution in [0.15, 0.2) is 58.2 Å². The van der Waals surface area contributed by atoms with Gasteiger partial charge in [-0.05, 0) is 12.1 Å². The average molecular weight is 315 g/mol. The van der Waals surface area contributed by atoms with E-state index in [-0.39, 0.29) is 6.61 Å². The molecule has 0 aliphatic carbocycles. The Kier molecular flexibility index (Phi) is 4.71. The Hall–Kier alpha value is -2.12. The van der Waals surface area contributed by atoms with E-state index in [1.807, 2.05) is 42.5 Å². The average Bonchev–Trinajstić information content (AvgIpc) is 2.45. The zero-order valence-corrected chi connectivity index (χ0v) is 11.7. The zero-order chi connectivity index (χ0) is 13.5. The summed E-state index contributed by atoms with van der Waals surface area (Å²) in [5.74, 6) is 0. The van der Waals surface area contributed by atoms with Crippen molar-refractivity contribution in [3.05, 3.63) is 69.7 Å². The van der Waals surface area contributed by atoms with E-state index in [9.17, 15) is 0 Å². The van der Waals surface area contributed by atoms with Gasteiger partial charge in [-0.1, -0.05) is 57.5 Å². The Morgan fingerprint density at radius 2 is 1.89 bits per heavy atom. The Bertz CT molecular complexity index is 632. The molecule has 0 amide bonds. The van der Waals surface area contributed by atoms with Crippen LogP contribution in [0, 0.1) is 11.3 Å². The maximum absolute atomic E-state index is 8.94. The van der Waals surface area contributed by atoms with Crippen LogP contribution in [0.25, 0.3) is 0 Å². The van der Waals surface area contributed by atoms with Crippen molar-refractivity contribution in [3.8, 4) is 6.07 Å². The van der Waals surface area contributed by atoms with Crippen molar-refractivity contribution in [2.75, 3.05) is 0 Å². The molecule has 0 saturated carbocycles. The number of hydrogen-bond acceptors (Lipinski definition) is 3. The summed E-state index contributed by atoms with van der Waals surface area (Å²) in [6.07, 6.45) is 1.64. The van der Waals surface area contributed by atoms with Gasteiger partial charge in [0.25, 0.3) is 0 Å². The molecule has 0 spiro atoms. The lowest BCUT2D eigenvalue weighted by molar-refractivity contribution is 0.132. The summed E-state index contributed by atoms with van der Waals surface area (Å²) in [5, 5.41) is 12.8. The van der Waals surface area contributed by atoms with Crippen LogP contribution in [0.2, 0.25) is 0 Å². The number of hydrogen-bond donors (Lipinski definition) is 0. The van der Waals surface area contributed by atoms with E-state index in [4.69, 9.17) is 10.1 Å². The number of nitrogens with zero attached hydrogens (tertiary/aromatic N) is 2. The lowest BCUT2D eigenvalue weighted by Gasteiger charge is -2.02. The monoisotopic (exact) mass is 314 g/mol. The topological polar surface area (TPSA) is 45.4 Å². The Labute approximate surface area is 120 Å². The molecule has 4 heteroatoms. The fraction of sp³-hybridized carbons (Fsp3) is 0.0667. The molecule has 0 saturated heterocycles. The van der Waals surface area contributed by atoms with Crippen molar-refractivity contribution in [1.29, 1.82) is 5.26 Å². The summed E-state index contributed by atoms with van der Waals surface area (Å²) in [4.78, 5) is 5.22. The van der Waals surface area contributed by atoms with Gasteiger partial charge in [0.15, 0.2) is 0 Å². The van der Waals surface area contributed by atoms with Gasteiger partial charge in [-0.15, -0.1) is 0 Å². The van der Waals surface area contributed by atoms with E-state index in [0.717, 1.165) is 15.6 Å². The van der Waals surface area contributed by atoms with Crippen LogP contribution in [-0.2, 0) is 11.4 Å².